The van der Waals surface area contributed by atoms with Crippen molar-refractivity contribution in [3.05, 3.63) is 53.1 Å². The Morgan fingerprint density at radius 1 is 1.32 bits per heavy atom. The number of pyridine rings is 1. The average molecular weight is 338 g/mol. The zero-order valence-electron chi connectivity index (χ0n) is 13.9. The Bertz CT molecular complexity index is 978. The number of rotatable bonds is 3. The third-order valence-electron chi connectivity index (χ3n) is 4.71. The Hall–Kier alpha value is -3.03. The van der Waals surface area contributed by atoms with Gasteiger partial charge in [-0.15, -0.1) is 0 Å². The van der Waals surface area contributed by atoms with Gasteiger partial charge in [-0.1, -0.05) is 6.07 Å². The van der Waals surface area contributed by atoms with Crippen LogP contribution in [-0.4, -0.2) is 48.0 Å². The van der Waals surface area contributed by atoms with Gasteiger partial charge >= 0.3 is 5.69 Å². The first-order valence-corrected chi connectivity index (χ1v) is 8.19. The first kappa shape index (κ1) is 15.5. The Morgan fingerprint density at radius 2 is 2.20 bits per heavy atom. The largest absolute Gasteiger partial charge is 0.340 e. The van der Waals surface area contributed by atoms with Crippen LogP contribution in [0, 0.1) is 0 Å². The van der Waals surface area contributed by atoms with Crippen molar-refractivity contribution in [1.29, 1.82) is 0 Å². The predicted molar refractivity (Wildman–Crippen MR) is 90.9 cm³/mol. The molecule has 25 heavy (non-hydrogen) atoms. The second-order valence-electron chi connectivity index (χ2n) is 6.26. The summed E-state index contributed by atoms with van der Waals surface area (Å²) in [7, 11) is 1.71. The van der Waals surface area contributed by atoms with Crippen molar-refractivity contribution in [2.45, 2.75) is 18.9 Å². The van der Waals surface area contributed by atoms with Gasteiger partial charge < -0.3 is 4.90 Å². The van der Waals surface area contributed by atoms with Crippen molar-refractivity contribution >= 4 is 17.1 Å². The molecular weight excluding hydrogens is 320 g/mol. The normalized spacial score (nSPS) is 17.3. The van der Waals surface area contributed by atoms with Crippen LogP contribution >= 0.6 is 0 Å². The summed E-state index contributed by atoms with van der Waals surface area (Å²) in [6, 6.07) is 3.65. The summed E-state index contributed by atoms with van der Waals surface area (Å²) >= 11 is 0. The van der Waals surface area contributed by atoms with Crippen molar-refractivity contribution in [1.82, 2.24) is 29.0 Å². The second kappa shape index (κ2) is 6.12. The number of aromatic nitrogens is 5. The van der Waals surface area contributed by atoms with E-state index in [1.165, 1.54) is 6.33 Å². The first-order valence-electron chi connectivity index (χ1n) is 8.19. The van der Waals surface area contributed by atoms with Gasteiger partial charge in [0, 0.05) is 32.5 Å². The molecule has 1 unspecified atom stereocenters. The number of fused-ring (bicyclic) bond motifs is 1. The van der Waals surface area contributed by atoms with Gasteiger partial charge in [0.1, 0.15) is 11.8 Å². The maximum atomic E-state index is 12.6. The summed E-state index contributed by atoms with van der Waals surface area (Å²) in [5.41, 5.74) is 2.09. The summed E-state index contributed by atoms with van der Waals surface area (Å²) < 4.78 is 3.24. The van der Waals surface area contributed by atoms with Crippen molar-refractivity contribution in [3.63, 3.8) is 0 Å². The van der Waals surface area contributed by atoms with E-state index in [0.29, 0.717) is 30.7 Å². The summed E-state index contributed by atoms with van der Waals surface area (Å²) in [4.78, 5) is 39.2. The van der Waals surface area contributed by atoms with E-state index >= 15 is 0 Å². The minimum Gasteiger partial charge on any atom is -0.340 e. The van der Waals surface area contributed by atoms with Gasteiger partial charge in [0.25, 0.3) is 0 Å². The molecule has 0 N–H and O–H groups in total. The lowest BCUT2D eigenvalue weighted by atomic mass is 10.2. The minimum atomic E-state index is -0.123. The maximum absolute atomic E-state index is 12.6. The molecule has 128 valence electrons. The molecule has 1 aliphatic heterocycles. The van der Waals surface area contributed by atoms with E-state index in [-0.39, 0.29) is 17.6 Å². The molecule has 8 nitrogen and oxygen atoms in total. The lowest BCUT2D eigenvalue weighted by molar-refractivity contribution is -0.129. The van der Waals surface area contributed by atoms with E-state index < -0.39 is 0 Å². The topological polar surface area (TPSA) is 85.9 Å². The Kier molecular flexibility index (Phi) is 3.79. The van der Waals surface area contributed by atoms with Crippen LogP contribution in [0.3, 0.4) is 0 Å². The Morgan fingerprint density at radius 3 is 3.00 bits per heavy atom. The second-order valence-corrected chi connectivity index (χ2v) is 6.26. The number of hydrogen-bond acceptors (Lipinski definition) is 5. The molecule has 4 heterocycles. The summed E-state index contributed by atoms with van der Waals surface area (Å²) in [5, 5.41) is 0. The highest BCUT2D eigenvalue weighted by atomic mass is 16.2. The van der Waals surface area contributed by atoms with Crippen molar-refractivity contribution in [3.8, 4) is 0 Å². The highest BCUT2D eigenvalue weighted by Crippen LogP contribution is 2.24. The van der Waals surface area contributed by atoms with Crippen molar-refractivity contribution < 1.29 is 4.79 Å². The van der Waals surface area contributed by atoms with E-state index in [1.807, 2.05) is 17.0 Å². The van der Waals surface area contributed by atoms with Crippen LogP contribution in [0.15, 0.2) is 41.8 Å². The van der Waals surface area contributed by atoms with Gasteiger partial charge in [0.05, 0.1) is 18.7 Å². The lowest BCUT2D eigenvalue weighted by Crippen LogP contribution is -2.32. The molecule has 1 amide bonds. The zero-order valence-corrected chi connectivity index (χ0v) is 13.9. The first-order chi connectivity index (χ1) is 12.1. The molecular formula is C17H18N6O2. The van der Waals surface area contributed by atoms with Crippen LogP contribution in [0.4, 0.5) is 0 Å². The summed E-state index contributed by atoms with van der Waals surface area (Å²) in [6.07, 6.45) is 7.54. The summed E-state index contributed by atoms with van der Waals surface area (Å²) in [6.45, 7) is 1.15. The number of carbonyl (C=O) groups is 1. The van der Waals surface area contributed by atoms with Gasteiger partial charge in [-0.2, -0.15) is 0 Å². The Balaban J connectivity index is 1.56. The SMILES string of the molecule is Cn1c(=O)n(C2CCN(C(=O)Cc3cccnc3)C2)c2ncncc21. The third-order valence-corrected chi connectivity index (χ3v) is 4.71. The number of likely N-dealkylation sites (tertiary alicyclic amines) is 1. The van der Waals surface area contributed by atoms with E-state index in [9.17, 15) is 9.59 Å². The molecule has 0 bridgehead atoms. The van der Waals surface area contributed by atoms with Crippen molar-refractivity contribution in [2.75, 3.05) is 13.1 Å². The lowest BCUT2D eigenvalue weighted by Gasteiger charge is -2.17. The zero-order chi connectivity index (χ0) is 17.4. The molecule has 3 aromatic heterocycles. The third kappa shape index (κ3) is 2.69. The molecule has 0 saturated carbocycles. The van der Waals surface area contributed by atoms with E-state index in [0.717, 1.165) is 12.0 Å². The van der Waals surface area contributed by atoms with E-state index in [1.54, 1.807) is 34.8 Å². The number of hydrogen-bond donors (Lipinski definition) is 0. The van der Waals surface area contributed by atoms with Gasteiger partial charge in [-0.3, -0.25) is 18.9 Å². The average Bonchev–Trinajstić information content (AvgIpc) is 3.20. The molecule has 1 atom stereocenters. The van der Waals surface area contributed by atoms with Crippen LogP contribution in [0.5, 0.6) is 0 Å². The Labute approximate surface area is 143 Å². The molecule has 0 radical (unpaired) electrons. The van der Waals surface area contributed by atoms with Gasteiger partial charge in [0.2, 0.25) is 5.91 Å². The fraction of sp³-hybridized carbons (Fsp3) is 0.353. The van der Waals surface area contributed by atoms with Gasteiger partial charge in [0.15, 0.2) is 5.65 Å². The molecule has 4 rings (SSSR count). The molecule has 1 saturated heterocycles. The van der Waals surface area contributed by atoms with E-state index in [2.05, 4.69) is 15.0 Å². The molecule has 1 aliphatic rings. The summed E-state index contributed by atoms with van der Waals surface area (Å²) in [5.74, 6) is 0.0541. The molecule has 0 aromatic carbocycles. The monoisotopic (exact) mass is 338 g/mol. The number of aryl methyl sites for hydroxylation is 1. The molecule has 3 aromatic rings. The standard InChI is InChI=1S/C17H18N6O2/c1-21-14-9-19-11-20-16(14)23(17(21)25)13-4-6-22(10-13)15(24)7-12-3-2-5-18-8-12/h2-3,5,8-9,11,13H,4,6-7,10H2,1H3. The number of nitrogens with zero attached hydrogens (tertiary/aromatic N) is 6. The fourth-order valence-electron chi connectivity index (χ4n) is 3.39. The van der Waals surface area contributed by atoms with Gasteiger partial charge in [-0.05, 0) is 18.1 Å². The van der Waals surface area contributed by atoms with Gasteiger partial charge in [-0.25, -0.2) is 14.8 Å². The highest BCUT2D eigenvalue weighted by Gasteiger charge is 2.30. The van der Waals surface area contributed by atoms with Crippen molar-refractivity contribution in [2.24, 2.45) is 7.05 Å². The number of carbonyl (C=O) groups excluding carboxylic acids is 1. The number of amides is 1. The molecule has 8 heteroatoms. The van der Waals surface area contributed by atoms with Crippen LogP contribution in [0.1, 0.15) is 18.0 Å². The molecule has 0 spiro atoms. The highest BCUT2D eigenvalue weighted by molar-refractivity contribution is 5.79. The van der Waals surface area contributed by atoms with E-state index in [4.69, 9.17) is 0 Å². The number of imidazole rings is 1. The molecule has 1 fully saturated rings. The fourth-order valence-corrected chi connectivity index (χ4v) is 3.39. The van der Waals surface area contributed by atoms with Crippen LogP contribution in [0.2, 0.25) is 0 Å². The maximum Gasteiger partial charge on any atom is 0.330 e. The predicted octanol–water partition coefficient (Wildman–Crippen LogP) is 0.541. The smallest absolute Gasteiger partial charge is 0.330 e. The van der Waals surface area contributed by atoms with Crippen LogP contribution < -0.4 is 5.69 Å². The van der Waals surface area contributed by atoms with Crippen LogP contribution in [0.25, 0.3) is 11.2 Å². The minimum absolute atomic E-state index is 0.0541. The van der Waals surface area contributed by atoms with Crippen LogP contribution in [-0.2, 0) is 18.3 Å². The quantitative estimate of drug-likeness (QED) is 0.696. The molecule has 0 aliphatic carbocycles.